The second-order valence-electron chi connectivity index (χ2n) is 4.47. The number of hydrogen-bond acceptors (Lipinski definition) is 2. The molecule has 2 amide bonds. The molecule has 4 nitrogen and oxygen atoms in total. The quantitative estimate of drug-likeness (QED) is 0.841. The van der Waals surface area contributed by atoms with Crippen LogP contribution in [-0.4, -0.2) is 44.2 Å². The van der Waals surface area contributed by atoms with Gasteiger partial charge in [0.1, 0.15) is 0 Å². The van der Waals surface area contributed by atoms with E-state index in [1.54, 1.807) is 7.05 Å². The summed E-state index contributed by atoms with van der Waals surface area (Å²) < 4.78 is 0. The van der Waals surface area contributed by atoms with Crippen LogP contribution in [0.3, 0.4) is 0 Å². The van der Waals surface area contributed by atoms with Gasteiger partial charge in [0.25, 0.3) is 0 Å². The van der Waals surface area contributed by atoms with Crippen molar-refractivity contribution < 1.29 is 4.79 Å². The van der Waals surface area contributed by atoms with Gasteiger partial charge in [-0.2, -0.15) is 0 Å². The minimum atomic E-state index is -0.0310. The summed E-state index contributed by atoms with van der Waals surface area (Å²) >= 11 is 0. The third-order valence-electron chi connectivity index (χ3n) is 3.20. The van der Waals surface area contributed by atoms with E-state index in [1.165, 1.54) is 0 Å². The topological polar surface area (TPSA) is 35.6 Å². The highest BCUT2D eigenvalue weighted by molar-refractivity contribution is 5.92. The summed E-state index contributed by atoms with van der Waals surface area (Å²) in [6.07, 6.45) is 1.03. The van der Waals surface area contributed by atoms with Crippen LogP contribution in [0.2, 0.25) is 0 Å². The fourth-order valence-corrected chi connectivity index (χ4v) is 2.33. The largest absolute Gasteiger partial charge is 0.341 e. The van der Waals surface area contributed by atoms with E-state index in [9.17, 15) is 4.79 Å². The van der Waals surface area contributed by atoms with Gasteiger partial charge in [-0.05, 0) is 32.1 Å². The molecule has 92 valence electrons. The van der Waals surface area contributed by atoms with Gasteiger partial charge >= 0.3 is 6.03 Å². The molecule has 1 atom stereocenters. The molecule has 17 heavy (non-hydrogen) atoms. The van der Waals surface area contributed by atoms with Crippen molar-refractivity contribution >= 4 is 11.7 Å². The molecule has 0 saturated carbocycles. The Morgan fingerprint density at radius 1 is 1.41 bits per heavy atom. The summed E-state index contributed by atoms with van der Waals surface area (Å²) in [4.78, 5) is 16.1. The maximum Gasteiger partial charge on any atom is 0.321 e. The van der Waals surface area contributed by atoms with E-state index < -0.39 is 0 Å². The number of anilines is 1. The fraction of sp³-hybridized carbons (Fsp3) is 0.462. The Hall–Kier alpha value is -1.55. The normalized spacial score (nSPS) is 20.2. The molecule has 1 N–H and O–H groups in total. The standard InChI is InChI=1S/C13H19N3O/c1-14-13(17)16(11-6-4-3-5-7-11)12-8-9-15(2)10-12/h3-7,12H,8-10H2,1-2H3,(H,14,17)/t12-/m0/s1. The Morgan fingerprint density at radius 2 is 2.12 bits per heavy atom. The highest BCUT2D eigenvalue weighted by Crippen LogP contribution is 2.22. The van der Waals surface area contributed by atoms with Crippen LogP contribution in [0.25, 0.3) is 0 Å². The number of carbonyl (C=O) groups excluding carboxylic acids is 1. The highest BCUT2D eigenvalue weighted by Gasteiger charge is 2.29. The van der Waals surface area contributed by atoms with Crippen LogP contribution >= 0.6 is 0 Å². The Balaban J connectivity index is 2.23. The van der Waals surface area contributed by atoms with Crippen LogP contribution in [0.5, 0.6) is 0 Å². The molecule has 0 radical (unpaired) electrons. The molecule has 0 spiro atoms. The number of nitrogens with zero attached hydrogens (tertiary/aromatic N) is 2. The van der Waals surface area contributed by atoms with Crippen molar-refractivity contribution in [3.8, 4) is 0 Å². The van der Waals surface area contributed by atoms with Gasteiger partial charge in [0.05, 0.1) is 6.04 Å². The van der Waals surface area contributed by atoms with Gasteiger partial charge < -0.3 is 10.2 Å². The van der Waals surface area contributed by atoms with Gasteiger partial charge in [-0.15, -0.1) is 0 Å². The van der Waals surface area contributed by atoms with Crippen molar-refractivity contribution in [3.63, 3.8) is 0 Å². The molecule has 2 rings (SSSR count). The summed E-state index contributed by atoms with van der Waals surface area (Å²) in [5.41, 5.74) is 0.965. The van der Waals surface area contributed by atoms with Crippen LogP contribution in [0.1, 0.15) is 6.42 Å². The smallest absolute Gasteiger partial charge is 0.321 e. The van der Waals surface area contributed by atoms with E-state index >= 15 is 0 Å². The molecule has 1 aromatic rings. The summed E-state index contributed by atoms with van der Waals surface area (Å²) in [7, 11) is 3.77. The first kappa shape index (κ1) is 11.9. The van der Waals surface area contributed by atoms with Gasteiger partial charge in [0.15, 0.2) is 0 Å². The molecule has 0 aliphatic carbocycles. The third-order valence-corrected chi connectivity index (χ3v) is 3.20. The molecule has 1 aliphatic rings. The maximum absolute atomic E-state index is 12.0. The van der Waals surface area contributed by atoms with Crippen molar-refractivity contribution in [2.45, 2.75) is 12.5 Å². The van der Waals surface area contributed by atoms with Crippen LogP contribution in [-0.2, 0) is 0 Å². The lowest BCUT2D eigenvalue weighted by molar-refractivity contribution is 0.246. The molecule has 1 aromatic carbocycles. The molecular formula is C13H19N3O. The van der Waals surface area contributed by atoms with Gasteiger partial charge in [-0.25, -0.2) is 4.79 Å². The number of nitrogens with one attached hydrogen (secondary N) is 1. The zero-order chi connectivity index (χ0) is 12.3. The Labute approximate surface area is 102 Å². The lowest BCUT2D eigenvalue weighted by Crippen LogP contribution is -2.46. The zero-order valence-electron chi connectivity index (χ0n) is 10.4. The molecule has 4 heteroatoms. The van der Waals surface area contributed by atoms with Gasteiger partial charge in [0, 0.05) is 19.3 Å². The molecule has 1 fully saturated rings. The van der Waals surface area contributed by atoms with Crippen molar-refractivity contribution in [1.29, 1.82) is 0 Å². The molecule has 1 heterocycles. The van der Waals surface area contributed by atoms with Crippen LogP contribution in [0.15, 0.2) is 30.3 Å². The van der Waals surface area contributed by atoms with E-state index in [2.05, 4.69) is 17.3 Å². The molecular weight excluding hydrogens is 214 g/mol. The summed E-state index contributed by atoms with van der Waals surface area (Å²) in [5.74, 6) is 0. The van der Waals surface area contributed by atoms with Crippen LogP contribution < -0.4 is 10.2 Å². The number of likely N-dealkylation sites (N-methyl/N-ethyl adjacent to an activating group) is 1. The average Bonchev–Trinajstić information content (AvgIpc) is 2.77. The minimum absolute atomic E-state index is 0.0310. The van der Waals surface area contributed by atoms with Crippen molar-refractivity contribution in [1.82, 2.24) is 10.2 Å². The monoisotopic (exact) mass is 233 g/mol. The summed E-state index contributed by atoms with van der Waals surface area (Å²) in [6.45, 7) is 1.98. The predicted molar refractivity (Wildman–Crippen MR) is 69.3 cm³/mol. The van der Waals surface area contributed by atoms with Crippen LogP contribution in [0.4, 0.5) is 10.5 Å². The van der Waals surface area contributed by atoms with Crippen molar-refractivity contribution in [3.05, 3.63) is 30.3 Å². The Morgan fingerprint density at radius 3 is 2.65 bits per heavy atom. The molecule has 1 saturated heterocycles. The summed E-state index contributed by atoms with van der Waals surface area (Å²) in [5, 5.41) is 2.72. The van der Waals surface area contributed by atoms with Crippen LogP contribution in [0, 0.1) is 0 Å². The minimum Gasteiger partial charge on any atom is -0.341 e. The van der Waals surface area contributed by atoms with Gasteiger partial charge in [-0.3, -0.25) is 4.90 Å². The number of urea groups is 1. The van der Waals surface area contributed by atoms with E-state index in [1.807, 2.05) is 35.2 Å². The first-order chi connectivity index (χ1) is 8.22. The number of rotatable bonds is 2. The predicted octanol–water partition coefficient (Wildman–Crippen LogP) is 1.54. The molecule has 0 unspecified atom stereocenters. The maximum atomic E-state index is 12.0. The van der Waals surface area contributed by atoms with E-state index in [4.69, 9.17) is 0 Å². The number of para-hydroxylation sites is 1. The van der Waals surface area contributed by atoms with Gasteiger partial charge in [0.2, 0.25) is 0 Å². The highest BCUT2D eigenvalue weighted by atomic mass is 16.2. The lowest BCUT2D eigenvalue weighted by Gasteiger charge is -2.28. The SMILES string of the molecule is CNC(=O)N(c1ccccc1)[C@H]1CCN(C)C1. The number of likely N-dealkylation sites (tertiary alicyclic amines) is 1. The third kappa shape index (κ3) is 2.58. The second kappa shape index (κ2) is 5.19. The molecule has 0 bridgehead atoms. The Bertz CT molecular complexity index is 380. The number of carbonyl (C=O) groups is 1. The Kier molecular flexibility index (Phi) is 3.64. The molecule has 1 aliphatic heterocycles. The zero-order valence-corrected chi connectivity index (χ0v) is 10.4. The lowest BCUT2D eigenvalue weighted by atomic mass is 10.2. The number of benzene rings is 1. The van der Waals surface area contributed by atoms with E-state index in [0.29, 0.717) is 0 Å². The van der Waals surface area contributed by atoms with Crippen molar-refractivity contribution in [2.24, 2.45) is 0 Å². The summed E-state index contributed by atoms with van der Waals surface area (Å²) in [6, 6.07) is 10.1. The number of amides is 2. The van der Waals surface area contributed by atoms with Crippen molar-refractivity contribution in [2.75, 3.05) is 32.1 Å². The average molecular weight is 233 g/mol. The number of hydrogen-bond donors (Lipinski definition) is 1. The van der Waals surface area contributed by atoms with Gasteiger partial charge in [-0.1, -0.05) is 18.2 Å². The first-order valence-corrected chi connectivity index (χ1v) is 5.97. The molecule has 0 aromatic heterocycles. The van der Waals surface area contributed by atoms with E-state index in [0.717, 1.165) is 25.2 Å². The fourth-order valence-electron chi connectivity index (χ4n) is 2.33. The second-order valence-corrected chi connectivity index (χ2v) is 4.47. The van der Waals surface area contributed by atoms with E-state index in [-0.39, 0.29) is 12.1 Å². The first-order valence-electron chi connectivity index (χ1n) is 5.97.